The molecule has 4 aromatic rings. The number of carbonyl (C=O) groups is 1. The quantitative estimate of drug-likeness (QED) is 0.290. The number of para-hydroxylation sites is 1. The van der Waals surface area contributed by atoms with Crippen molar-refractivity contribution in [2.24, 2.45) is 0 Å². The van der Waals surface area contributed by atoms with Crippen LogP contribution in [0.15, 0.2) is 66.7 Å². The van der Waals surface area contributed by atoms with Gasteiger partial charge in [0.05, 0.1) is 38.1 Å². The van der Waals surface area contributed by atoms with Crippen molar-refractivity contribution in [3.8, 4) is 28.5 Å². The van der Waals surface area contributed by atoms with E-state index in [1.807, 2.05) is 42.5 Å². The highest BCUT2D eigenvalue weighted by Gasteiger charge is 2.18. The lowest BCUT2D eigenvalue weighted by Gasteiger charge is -2.15. The molecule has 0 bridgehead atoms. The third-order valence-corrected chi connectivity index (χ3v) is 6.22. The summed E-state index contributed by atoms with van der Waals surface area (Å²) in [5.41, 5.74) is 5.07. The maximum absolute atomic E-state index is 13.4. The molecule has 0 spiro atoms. The summed E-state index contributed by atoms with van der Waals surface area (Å²) in [4.78, 5) is 18.2. The van der Waals surface area contributed by atoms with E-state index in [1.165, 1.54) is 18.4 Å². The number of aromatic nitrogens is 1. The number of nitrogens with one attached hydrogen (secondary N) is 1. The zero-order valence-corrected chi connectivity index (χ0v) is 21.3. The molecule has 0 aliphatic rings. The Labute approximate surface area is 212 Å². The summed E-state index contributed by atoms with van der Waals surface area (Å²) < 4.78 is 16.5. The van der Waals surface area contributed by atoms with Gasteiger partial charge in [-0.3, -0.25) is 4.79 Å². The largest absolute Gasteiger partial charge is 0.493 e. The van der Waals surface area contributed by atoms with Gasteiger partial charge >= 0.3 is 0 Å². The number of nitrogens with zero attached hydrogens (tertiary/aromatic N) is 1. The van der Waals surface area contributed by atoms with E-state index in [0.717, 1.165) is 28.5 Å². The molecule has 1 N–H and O–H groups in total. The SMILES string of the molecule is CCCCc1ccc(CNC(=O)c2cc(-c3cc(OC)c(OC)c(OC)c3)nc3ccccc23)cc1. The van der Waals surface area contributed by atoms with E-state index in [-0.39, 0.29) is 5.91 Å². The molecule has 0 radical (unpaired) electrons. The molecule has 0 aliphatic heterocycles. The van der Waals surface area contributed by atoms with E-state index in [9.17, 15) is 4.79 Å². The Bertz CT molecular complexity index is 1320. The number of unbranched alkanes of at least 4 members (excludes halogenated alkanes) is 1. The van der Waals surface area contributed by atoms with E-state index >= 15 is 0 Å². The van der Waals surface area contributed by atoms with Crippen molar-refractivity contribution in [2.75, 3.05) is 21.3 Å². The average Bonchev–Trinajstić information content (AvgIpc) is 2.93. The minimum atomic E-state index is -0.155. The molecule has 1 amide bonds. The number of fused-ring (bicyclic) bond motifs is 1. The van der Waals surface area contributed by atoms with Crippen molar-refractivity contribution in [3.63, 3.8) is 0 Å². The van der Waals surface area contributed by atoms with Gasteiger partial charge in [-0.05, 0) is 48.2 Å². The van der Waals surface area contributed by atoms with Gasteiger partial charge in [0, 0.05) is 17.5 Å². The van der Waals surface area contributed by atoms with Gasteiger partial charge in [-0.25, -0.2) is 4.98 Å². The predicted octanol–water partition coefficient (Wildman–Crippen LogP) is 6.20. The fraction of sp³-hybridized carbons (Fsp3) is 0.267. The zero-order chi connectivity index (χ0) is 25.5. The smallest absolute Gasteiger partial charge is 0.252 e. The fourth-order valence-corrected chi connectivity index (χ4v) is 4.22. The first-order chi connectivity index (χ1) is 17.6. The van der Waals surface area contributed by atoms with Crippen molar-refractivity contribution < 1.29 is 19.0 Å². The Balaban J connectivity index is 1.65. The molecule has 6 nitrogen and oxygen atoms in total. The molecule has 36 heavy (non-hydrogen) atoms. The second kappa shape index (κ2) is 11.6. The number of rotatable bonds is 10. The number of benzene rings is 3. The minimum Gasteiger partial charge on any atom is -0.493 e. The number of pyridine rings is 1. The van der Waals surface area contributed by atoms with Crippen LogP contribution in [0.2, 0.25) is 0 Å². The van der Waals surface area contributed by atoms with Gasteiger partial charge in [0.15, 0.2) is 11.5 Å². The number of hydrogen-bond donors (Lipinski definition) is 1. The number of aryl methyl sites for hydroxylation is 1. The topological polar surface area (TPSA) is 69.7 Å². The van der Waals surface area contributed by atoms with E-state index in [0.29, 0.717) is 35.1 Å². The Morgan fingerprint density at radius 3 is 2.17 bits per heavy atom. The molecule has 0 atom stereocenters. The molecule has 1 aromatic heterocycles. The lowest BCUT2D eigenvalue weighted by Crippen LogP contribution is -2.23. The molecule has 1 heterocycles. The van der Waals surface area contributed by atoms with Crippen LogP contribution in [-0.4, -0.2) is 32.2 Å². The third-order valence-electron chi connectivity index (χ3n) is 6.22. The zero-order valence-electron chi connectivity index (χ0n) is 21.3. The highest BCUT2D eigenvalue weighted by atomic mass is 16.5. The van der Waals surface area contributed by atoms with Crippen molar-refractivity contribution in [1.82, 2.24) is 10.3 Å². The fourth-order valence-electron chi connectivity index (χ4n) is 4.22. The monoisotopic (exact) mass is 484 g/mol. The standard InChI is InChI=1S/C30H32N2O4/c1-5-6-9-20-12-14-21(15-13-20)19-31-30(33)24-18-26(32-25-11-8-7-10-23(24)25)22-16-27(34-2)29(36-4)28(17-22)35-3/h7-8,10-18H,5-6,9,19H2,1-4H3,(H,31,33). The first-order valence-electron chi connectivity index (χ1n) is 12.1. The van der Waals surface area contributed by atoms with Crippen LogP contribution in [0.4, 0.5) is 0 Å². The van der Waals surface area contributed by atoms with Crippen molar-refractivity contribution in [1.29, 1.82) is 0 Å². The molecule has 0 saturated heterocycles. The molecule has 4 rings (SSSR count). The summed E-state index contributed by atoms with van der Waals surface area (Å²) in [5, 5.41) is 3.87. The molecule has 186 valence electrons. The number of carbonyl (C=O) groups excluding carboxylic acids is 1. The summed E-state index contributed by atoms with van der Waals surface area (Å²) in [6.45, 7) is 2.64. The highest BCUT2D eigenvalue weighted by Crippen LogP contribution is 2.41. The summed E-state index contributed by atoms with van der Waals surface area (Å²) in [6, 6.07) is 21.6. The number of methoxy groups -OCH3 is 3. The lowest BCUT2D eigenvalue weighted by atomic mass is 10.0. The summed E-state index contributed by atoms with van der Waals surface area (Å²) >= 11 is 0. The Hall–Kier alpha value is -4.06. The lowest BCUT2D eigenvalue weighted by molar-refractivity contribution is 0.0952. The van der Waals surface area contributed by atoms with Crippen LogP contribution in [0, 0.1) is 0 Å². The van der Waals surface area contributed by atoms with Gasteiger partial charge in [-0.2, -0.15) is 0 Å². The molecule has 3 aromatic carbocycles. The third kappa shape index (κ3) is 5.43. The first-order valence-corrected chi connectivity index (χ1v) is 12.1. The Morgan fingerprint density at radius 2 is 1.53 bits per heavy atom. The van der Waals surface area contributed by atoms with Crippen LogP contribution >= 0.6 is 0 Å². The summed E-state index contributed by atoms with van der Waals surface area (Å²) in [5.74, 6) is 1.39. The number of amides is 1. The molecule has 6 heteroatoms. The minimum absolute atomic E-state index is 0.155. The van der Waals surface area contributed by atoms with E-state index in [4.69, 9.17) is 19.2 Å². The van der Waals surface area contributed by atoms with E-state index in [1.54, 1.807) is 21.3 Å². The van der Waals surface area contributed by atoms with Crippen molar-refractivity contribution >= 4 is 16.8 Å². The summed E-state index contributed by atoms with van der Waals surface area (Å²) in [6.07, 6.45) is 3.44. The van der Waals surface area contributed by atoms with Crippen LogP contribution < -0.4 is 19.5 Å². The number of ether oxygens (including phenoxy) is 3. The second-order valence-corrected chi connectivity index (χ2v) is 8.59. The van der Waals surface area contributed by atoms with Crippen LogP contribution in [-0.2, 0) is 13.0 Å². The van der Waals surface area contributed by atoms with Gasteiger partial charge < -0.3 is 19.5 Å². The number of hydrogen-bond acceptors (Lipinski definition) is 5. The second-order valence-electron chi connectivity index (χ2n) is 8.59. The average molecular weight is 485 g/mol. The van der Waals surface area contributed by atoms with Gasteiger partial charge in [0.25, 0.3) is 5.91 Å². The van der Waals surface area contributed by atoms with Crippen molar-refractivity contribution in [3.05, 3.63) is 83.4 Å². The maximum Gasteiger partial charge on any atom is 0.252 e. The van der Waals surface area contributed by atoms with Crippen LogP contribution in [0.1, 0.15) is 41.3 Å². The van der Waals surface area contributed by atoms with Crippen LogP contribution in [0.3, 0.4) is 0 Å². The molecular weight excluding hydrogens is 452 g/mol. The molecule has 0 saturated carbocycles. The Kier molecular flexibility index (Phi) is 8.06. The normalized spacial score (nSPS) is 10.8. The van der Waals surface area contributed by atoms with E-state index < -0.39 is 0 Å². The molecule has 0 unspecified atom stereocenters. The van der Waals surface area contributed by atoms with Gasteiger partial charge in [0.1, 0.15) is 0 Å². The van der Waals surface area contributed by atoms with Gasteiger partial charge in [-0.1, -0.05) is 55.8 Å². The summed E-state index contributed by atoms with van der Waals surface area (Å²) in [7, 11) is 4.71. The molecular formula is C30H32N2O4. The van der Waals surface area contributed by atoms with Crippen LogP contribution in [0.25, 0.3) is 22.2 Å². The molecule has 0 aliphatic carbocycles. The highest BCUT2D eigenvalue weighted by molar-refractivity contribution is 6.07. The van der Waals surface area contributed by atoms with E-state index in [2.05, 4.69) is 36.5 Å². The first kappa shape index (κ1) is 25.0. The van der Waals surface area contributed by atoms with Gasteiger partial charge in [-0.15, -0.1) is 0 Å². The van der Waals surface area contributed by atoms with Crippen molar-refractivity contribution in [2.45, 2.75) is 32.7 Å². The van der Waals surface area contributed by atoms with Gasteiger partial charge in [0.2, 0.25) is 5.75 Å². The maximum atomic E-state index is 13.4. The Morgan fingerprint density at radius 1 is 0.861 bits per heavy atom. The molecule has 0 fully saturated rings. The van der Waals surface area contributed by atoms with Crippen LogP contribution in [0.5, 0.6) is 17.2 Å². The predicted molar refractivity (Wildman–Crippen MR) is 143 cm³/mol.